The molecule has 0 aromatic heterocycles. The third-order valence-electron chi connectivity index (χ3n) is 3.23. The summed E-state index contributed by atoms with van der Waals surface area (Å²) in [5.74, 6) is 6.24. The van der Waals surface area contributed by atoms with Gasteiger partial charge in [0.25, 0.3) is 0 Å². The lowest BCUT2D eigenvalue weighted by Crippen LogP contribution is -2.28. The Morgan fingerprint density at radius 3 is 3.19 bits per heavy atom. The van der Waals surface area contributed by atoms with Crippen LogP contribution in [0.5, 0.6) is 0 Å². The highest BCUT2D eigenvalue weighted by Gasteiger charge is 2.27. The molecule has 2 atom stereocenters. The van der Waals surface area contributed by atoms with Gasteiger partial charge in [0.1, 0.15) is 5.78 Å². The van der Waals surface area contributed by atoms with E-state index in [2.05, 4.69) is 11.8 Å². The molecule has 2 aliphatic rings. The van der Waals surface area contributed by atoms with Crippen molar-refractivity contribution in [3.8, 4) is 11.8 Å². The van der Waals surface area contributed by atoms with Crippen molar-refractivity contribution in [2.45, 2.75) is 38.2 Å². The fourth-order valence-corrected chi connectivity index (χ4v) is 2.32. The van der Waals surface area contributed by atoms with E-state index in [0.717, 1.165) is 18.4 Å². The monoisotopic (exact) mass is 216 g/mol. The highest BCUT2D eigenvalue weighted by atomic mass is 16.3. The molecule has 0 aromatic rings. The standard InChI is InChI=1S/C14H16O2/c15-13-9-5-8-12(10-13)14(16)11-6-3-1-2-4-7-11/h1,3,6,12,14,16H,5,7-10H2/t12?,14-/m0/s1. The molecule has 0 aliphatic heterocycles. The van der Waals surface area contributed by atoms with Crippen LogP contribution in [0.25, 0.3) is 0 Å². The van der Waals surface area contributed by atoms with Crippen molar-refractivity contribution in [3.63, 3.8) is 0 Å². The molecule has 0 aromatic carbocycles. The number of hydrogen-bond acceptors (Lipinski definition) is 2. The molecule has 2 aliphatic carbocycles. The first kappa shape index (κ1) is 11.2. The van der Waals surface area contributed by atoms with Crippen LogP contribution in [0.15, 0.2) is 23.8 Å². The number of allylic oxidation sites excluding steroid dienone is 3. The van der Waals surface area contributed by atoms with E-state index in [0.29, 0.717) is 19.3 Å². The van der Waals surface area contributed by atoms with Crippen LogP contribution >= 0.6 is 0 Å². The number of hydrogen-bond donors (Lipinski definition) is 1. The maximum absolute atomic E-state index is 11.4. The topological polar surface area (TPSA) is 37.3 Å². The van der Waals surface area contributed by atoms with Crippen molar-refractivity contribution in [2.75, 3.05) is 0 Å². The minimum atomic E-state index is -0.499. The molecule has 0 spiro atoms. The number of aliphatic hydroxyl groups excluding tert-OH is 1. The number of carbonyl (C=O) groups is 1. The van der Waals surface area contributed by atoms with Crippen LogP contribution in [0.2, 0.25) is 0 Å². The van der Waals surface area contributed by atoms with E-state index in [9.17, 15) is 9.90 Å². The molecule has 1 saturated carbocycles. The fourth-order valence-electron chi connectivity index (χ4n) is 2.32. The summed E-state index contributed by atoms with van der Waals surface area (Å²) in [6.07, 6.45) is 8.74. The van der Waals surface area contributed by atoms with E-state index in [1.54, 1.807) is 6.08 Å². The van der Waals surface area contributed by atoms with Gasteiger partial charge in [-0.1, -0.05) is 24.0 Å². The molecule has 2 nitrogen and oxygen atoms in total. The second-order valence-corrected chi connectivity index (χ2v) is 4.44. The van der Waals surface area contributed by atoms with E-state index in [4.69, 9.17) is 0 Å². The van der Waals surface area contributed by atoms with Gasteiger partial charge in [0.05, 0.1) is 6.10 Å². The van der Waals surface area contributed by atoms with Crippen molar-refractivity contribution >= 4 is 5.78 Å². The fraction of sp³-hybridized carbons (Fsp3) is 0.500. The van der Waals surface area contributed by atoms with Crippen LogP contribution < -0.4 is 0 Å². The van der Waals surface area contributed by atoms with Gasteiger partial charge < -0.3 is 5.11 Å². The van der Waals surface area contributed by atoms with Gasteiger partial charge >= 0.3 is 0 Å². The molecule has 1 fully saturated rings. The van der Waals surface area contributed by atoms with E-state index in [-0.39, 0.29) is 11.7 Å². The molecule has 84 valence electrons. The van der Waals surface area contributed by atoms with Crippen LogP contribution in [0, 0.1) is 17.8 Å². The quantitative estimate of drug-likeness (QED) is 0.717. The second-order valence-electron chi connectivity index (χ2n) is 4.44. The summed E-state index contributed by atoms with van der Waals surface area (Å²) in [5, 5.41) is 10.2. The van der Waals surface area contributed by atoms with Gasteiger partial charge in [-0.3, -0.25) is 4.79 Å². The van der Waals surface area contributed by atoms with Gasteiger partial charge in [-0.25, -0.2) is 0 Å². The highest BCUT2D eigenvalue weighted by molar-refractivity contribution is 5.79. The van der Waals surface area contributed by atoms with Gasteiger partial charge in [0, 0.05) is 19.3 Å². The number of carbonyl (C=O) groups excluding carboxylic acids is 1. The van der Waals surface area contributed by atoms with Crippen LogP contribution in [0.4, 0.5) is 0 Å². The summed E-state index contributed by atoms with van der Waals surface area (Å²) in [6.45, 7) is 0. The molecule has 1 N–H and O–H groups in total. The number of Topliss-reactive ketones (excluding diaryl/α,β-unsaturated/α-hetero) is 1. The average Bonchev–Trinajstić information content (AvgIpc) is 2.56. The molecule has 0 heterocycles. The normalized spacial score (nSPS) is 26.4. The van der Waals surface area contributed by atoms with Crippen LogP contribution in [-0.4, -0.2) is 17.0 Å². The number of rotatable bonds is 2. The lowest BCUT2D eigenvalue weighted by Gasteiger charge is -2.27. The van der Waals surface area contributed by atoms with Crippen molar-refractivity contribution in [1.29, 1.82) is 0 Å². The molecule has 0 saturated heterocycles. The molecule has 0 radical (unpaired) electrons. The first-order chi connectivity index (χ1) is 7.77. The molecular weight excluding hydrogens is 200 g/mol. The maximum Gasteiger partial charge on any atom is 0.133 e. The molecule has 1 unspecified atom stereocenters. The lowest BCUT2D eigenvalue weighted by atomic mass is 9.81. The molecule has 0 bridgehead atoms. The Labute approximate surface area is 96.0 Å². The molecule has 2 heteroatoms. The molecule has 0 amide bonds. The average molecular weight is 216 g/mol. The van der Waals surface area contributed by atoms with Gasteiger partial charge in [-0.05, 0) is 30.4 Å². The first-order valence-electron chi connectivity index (χ1n) is 5.81. The van der Waals surface area contributed by atoms with E-state index in [1.807, 2.05) is 12.2 Å². The predicted octanol–water partition coefficient (Wildman–Crippen LogP) is 2.00. The summed E-state index contributed by atoms with van der Waals surface area (Å²) in [5.41, 5.74) is 0.945. The zero-order valence-electron chi connectivity index (χ0n) is 9.28. The molecule has 2 rings (SSSR count). The Balaban J connectivity index is 2.04. The van der Waals surface area contributed by atoms with Gasteiger partial charge in [-0.2, -0.15) is 0 Å². The van der Waals surface area contributed by atoms with E-state index < -0.39 is 6.10 Å². The van der Waals surface area contributed by atoms with E-state index in [1.165, 1.54) is 0 Å². The van der Waals surface area contributed by atoms with Gasteiger partial charge in [0.15, 0.2) is 0 Å². The summed E-state index contributed by atoms with van der Waals surface area (Å²) in [6, 6.07) is 0. The Bertz CT molecular complexity index is 393. The summed E-state index contributed by atoms with van der Waals surface area (Å²) in [4.78, 5) is 11.4. The Morgan fingerprint density at radius 2 is 2.38 bits per heavy atom. The number of ketones is 1. The second kappa shape index (κ2) is 5.14. The smallest absolute Gasteiger partial charge is 0.133 e. The van der Waals surface area contributed by atoms with Crippen LogP contribution in [0.1, 0.15) is 32.1 Å². The summed E-state index contributed by atoms with van der Waals surface area (Å²) in [7, 11) is 0. The minimum absolute atomic E-state index is 0.0980. The third-order valence-corrected chi connectivity index (χ3v) is 3.23. The summed E-state index contributed by atoms with van der Waals surface area (Å²) >= 11 is 0. The van der Waals surface area contributed by atoms with Crippen molar-refractivity contribution in [1.82, 2.24) is 0 Å². The van der Waals surface area contributed by atoms with E-state index >= 15 is 0 Å². The molecule has 16 heavy (non-hydrogen) atoms. The SMILES string of the molecule is O=C1CCCC([C@@H](O)C2=CC=CC#CC2)C1. The zero-order valence-corrected chi connectivity index (χ0v) is 9.28. The largest absolute Gasteiger partial charge is 0.388 e. The molecular formula is C14H16O2. The number of aliphatic hydroxyl groups is 1. The Kier molecular flexibility index (Phi) is 3.58. The highest BCUT2D eigenvalue weighted by Crippen LogP contribution is 2.28. The van der Waals surface area contributed by atoms with Gasteiger partial charge in [-0.15, -0.1) is 0 Å². The van der Waals surface area contributed by atoms with Crippen LogP contribution in [-0.2, 0) is 4.79 Å². The van der Waals surface area contributed by atoms with Gasteiger partial charge in [0.2, 0.25) is 0 Å². The Hall–Kier alpha value is -1.33. The minimum Gasteiger partial charge on any atom is -0.388 e. The lowest BCUT2D eigenvalue weighted by molar-refractivity contribution is -0.122. The predicted molar refractivity (Wildman–Crippen MR) is 62.6 cm³/mol. The van der Waals surface area contributed by atoms with Crippen LogP contribution in [0.3, 0.4) is 0 Å². The Morgan fingerprint density at radius 1 is 1.50 bits per heavy atom. The van der Waals surface area contributed by atoms with Crippen molar-refractivity contribution in [2.24, 2.45) is 5.92 Å². The van der Waals surface area contributed by atoms with Crippen molar-refractivity contribution in [3.05, 3.63) is 23.8 Å². The zero-order chi connectivity index (χ0) is 11.4. The van der Waals surface area contributed by atoms with Crippen molar-refractivity contribution < 1.29 is 9.90 Å². The third kappa shape index (κ3) is 2.62. The summed E-state index contributed by atoms with van der Waals surface area (Å²) < 4.78 is 0. The first-order valence-corrected chi connectivity index (χ1v) is 5.81. The maximum atomic E-state index is 11.4.